The van der Waals surface area contributed by atoms with Gasteiger partial charge in [0, 0.05) is 11.5 Å². The van der Waals surface area contributed by atoms with Gasteiger partial charge >= 0.3 is 0 Å². The summed E-state index contributed by atoms with van der Waals surface area (Å²) >= 11 is 0. The van der Waals surface area contributed by atoms with Gasteiger partial charge in [0.05, 0.1) is 0 Å². The Bertz CT molecular complexity index is 652. The third-order valence-corrected chi connectivity index (χ3v) is 5.86. The van der Waals surface area contributed by atoms with Crippen LogP contribution in [-0.2, 0) is 5.41 Å². The number of nitrogens with zero attached hydrogens (tertiary/aromatic N) is 1. The number of rotatable bonds is 1. The van der Waals surface area contributed by atoms with Gasteiger partial charge in [0.25, 0.3) is 0 Å². The van der Waals surface area contributed by atoms with Crippen LogP contribution in [0.3, 0.4) is 0 Å². The molecule has 0 radical (unpaired) electrons. The fraction of sp³-hybridized carbons (Fsp3) is 0.588. The third-order valence-electron chi connectivity index (χ3n) is 5.86. The van der Waals surface area contributed by atoms with E-state index in [0.29, 0.717) is 0 Å². The predicted octanol–water partition coefficient (Wildman–Crippen LogP) is 4.00. The fourth-order valence-electron chi connectivity index (χ4n) is 5.51. The maximum Gasteiger partial charge on any atom is 0.201 e. The van der Waals surface area contributed by atoms with Crippen LogP contribution in [0.1, 0.15) is 44.4 Å². The standard InChI is InChI=1S/C17H19NO2/c19-13-1-2-14-15(6-13)20-16(18-14)17-7-10-3-11(8-17)5-12(4-10)9-17/h1-2,6,10-12,19H,3-5,7-9H2. The topological polar surface area (TPSA) is 46.3 Å². The molecule has 2 aromatic rings. The van der Waals surface area contributed by atoms with E-state index in [4.69, 9.17) is 9.40 Å². The van der Waals surface area contributed by atoms with Crippen molar-refractivity contribution in [1.29, 1.82) is 0 Å². The maximum atomic E-state index is 9.59. The molecule has 0 saturated heterocycles. The van der Waals surface area contributed by atoms with Gasteiger partial charge in [0.2, 0.25) is 5.89 Å². The van der Waals surface area contributed by atoms with E-state index in [-0.39, 0.29) is 11.2 Å². The number of aromatic nitrogens is 1. The molecule has 4 aliphatic rings. The summed E-state index contributed by atoms with van der Waals surface area (Å²) in [6.45, 7) is 0. The molecule has 1 aromatic carbocycles. The quantitative estimate of drug-likeness (QED) is 0.851. The number of hydrogen-bond acceptors (Lipinski definition) is 3. The lowest BCUT2D eigenvalue weighted by molar-refractivity contribution is -0.0170. The van der Waals surface area contributed by atoms with Crippen LogP contribution in [0.5, 0.6) is 5.75 Å². The Morgan fingerprint density at radius 2 is 1.70 bits per heavy atom. The van der Waals surface area contributed by atoms with Crippen molar-refractivity contribution in [3.8, 4) is 5.75 Å². The fourth-order valence-corrected chi connectivity index (χ4v) is 5.51. The van der Waals surface area contributed by atoms with Crippen LogP contribution >= 0.6 is 0 Å². The van der Waals surface area contributed by atoms with Gasteiger partial charge in [-0.2, -0.15) is 0 Å². The molecule has 1 heterocycles. The van der Waals surface area contributed by atoms with E-state index < -0.39 is 0 Å². The van der Waals surface area contributed by atoms with Crippen LogP contribution in [0, 0.1) is 17.8 Å². The normalized spacial score (nSPS) is 38.7. The lowest BCUT2D eigenvalue weighted by Gasteiger charge is -2.55. The smallest absolute Gasteiger partial charge is 0.201 e. The van der Waals surface area contributed by atoms with Crippen molar-refractivity contribution in [2.75, 3.05) is 0 Å². The predicted molar refractivity (Wildman–Crippen MR) is 75.5 cm³/mol. The summed E-state index contributed by atoms with van der Waals surface area (Å²) in [5.74, 6) is 3.88. The molecule has 0 aliphatic heterocycles. The van der Waals surface area contributed by atoms with Crippen molar-refractivity contribution >= 4 is 11.1 Å². The van der Waals surface area contributed by atoms with E-state index in [0.717, 1.165) is 34.7 Å². The number of phenols is 1. The highest BCUT2D eigenvalue weighted by Crippen LogP contribution is 2.60. The SMILES string of the molecule is Oc1ccc2nc(C34CC5CC(CC(C5)C3)C4)oc2c1. The average molecular weight is 269 g/mol. The van der Waals surface area contributed by atoms with Crippen molar-refractivity contribution in [3.63, 3.8) is 0 Å². The van der Waals surface area contributed by atoms with Crippen LogP contribution < -0.4 is 0 Å². The highest BCUT2D eigenvalue weighted by Gasteiger charge is 2.54. The van der Waals surface area contributed by atoms with Crippen molar-refractivity contribution < 1.29 is 9.52 Å². The molecular formula is C17H19NO2. The molecule has 0 amide bonds. The summed E-state index contributed by atoms with van der Waals surface area (Å²) < 4.78 is 6.06. The molecule has 3 heteroatoms. The van der Waals surface area contributed by atoms with E-state index in [1.807, 2.05) is 6.07 Å². The molecule has 4 saturated carbocycles. The molecule has 1 aromatic heterocycles. The van der Waals surface area contributed by atoms with E-state index in [9.17, 15) is 5.11 Å². The Morgan fingerprint density at radius 1 is 1.05 bits per heavy atom. The van der Waals surface area contributed by atoms with Crippen LogP contribution in [0.15, 0.2) is 22.6 Å². The van der Waals surface area contributed by atoms with E-state index in [1.165, 1.54) is 38.5 Å². The number of hydrogen-bond donors (Lipinski definition) is 1. The largest absolute Gasteiger partial charge is 0.508 e. The first-order chi connectivity index (χ1) is 9.70. The van der Waals surface area contributed by atoms with Gasteiger partial charge in [-0.15, -0.1) is 0 Å². The number of benzene rings is 1. The van der Waals surface area contributed by atoms with E-state index >= 15 is 0 Å². The van der Waals surface area contributed by atoms with Gasteiger partial charge in [0.1, 0.15) is 11.3 Å². The van der Waals surface area contributed by atoms with Crippen molar-refractivity contribution in [2.45, 2.75) is 43.9 Å². The lowest BCUT2D eigenvalue weighted by Crippen LogP contribution is -2.48. The molecule has 0 unspecified atom stereocenters. The third kappa shape index (κ3) is 1.44. The van der Waals surface area contributed by atoms with Crippen LogP contribution in [0.2, 0.25) is 0 Å². The molecule has 0 atom stereocenters. The summed E-state index contributed by atoms with van der Waals surface area (Å²) in [5, 5.41) is 9.59. The first kappa shape index (κ1) is 11.2. The Morgan fingerprint density at radius 3 is 2.35 bits per heavy atom. The van der Waals surface area contributed by atoms with Gasteiger partial charge in [-0.25, -0.2) is 4.98 Å². The first-order valence-corrected chi connectivity index (χ1v) is 7.80. The van der Waals surface area contributed by atoms with E-state index in [2.05, 4.69) is 0 Å². The number of fused-ring (bicyclic) bond motifs is 1. The van der Waals surface area contributed by atoms with Crippen molar-refractivity contribution in [2.24, 2.45) is 17.8 Å². The minimum Gasteiger partial charge on any atom is -0.508 e. The Balaban J connectivity index is 1.63. The van der Waals surface area contributed by atoms with Crippen LogP contribution in [-0.4, -0.2) is 10.1 Å². The van der Waals surface area contributed by atoms with Crippen molar-refractivity contribution in [3.05, 3.63) is 24.1 Å². The minimum absolute atomic E-state index is 0.198. The van der Waals surface area contributed by atoms with Gasteiger partial charge in [-0.3, -0.25) is 0 Å². The van der Waals surface area contributed by atoms with Gasteiger partial charge < -0.3 is 9.52 Å². The van der Waals surface area contributed by atoms with Gasteiger partial charge in [0.15, 0.2) is 5.58 Å². The zero-order chi connectivity index (χ0) is 13.3. The number of oxazole rings is 1. The molecule has 104 valence electrons. The Labute approximate surface area is 118 Å². The monoisotopic (exact) mass is 269 g/mol. The molecule has 4 fully saturated rings. The molecular weight excluding hydrogens is 250 g/mol. The highest BCUT2D eigenvalue weighted by atomic mass is 16.4. The molecule has 4 aliphatic carbocycles. The summed E-state index contributed by atoms with van der Waals surface area (Å²) in [6.07, 6.45) is 8.08. The van der Waals surface area contributed by atoms with Gasteiger partial charge in [-0.1, -0.05) is 0 Å². The summed E-state index contributed by atoms with van der Waals surface area (Å²) in [6, 6.07) is 5.23. The number of phenolic OH excluding ortho intramolecular Hbond substituents is 1. The number of aromatic hydroxyl groups is 1. The Kier molecular flexibility index (Phi) is 2.00. The average Bonchev–Trinajstić information content (AvgIpc) is 2.80. The lowest BCUT2D eigenvalue weighted by atomic mass is 9.49. The molecule has 0 spiro atoms. The van der Waals surface area contributed by atoms with Gasteiger partial charge in [-0.05, 0) is 68.4 Å². The van der Waals surface area contributed by atoms with Crippen molar-refractivity contribution in [1.82, 2.24) is 4.98 Å². The minimum atomic E-state index is 0.198. The summed E-state index contributed by atoms with van der Waals surface area (Å²) in [5.41, 5.74) is 1.81. The molecule has 20 heavy (non-hydrogen) atoms. The summed E-state index contributed by atoms with van der Waals surface area (Å²) in [4.78, 5) is 4.77. The second-order valence-corrected chi connectivity index (χ2v) is 7.37. The second kappa shape index (κ2) is 3.57. The van der Waals surface area contributed by atoms with Crippen LogP contribution in [0.4, 0.5) is 0 Å². The second-order valence-electron chi connectivity index (χ2n) is 7.37. The Hall–Kier alpha value is -1.51. The maximum absolute atomic E-state index is 9.59. The first-order valence-electron chi connectivity index (χ1n) is 7.80. The molecule has 3 nitrogen and oxygen atoms in total. The van der Waals surface area contributed by atoms with Crippen LogP contribution in [0.25, 0.3) is 11.1 Å². The highest BCUT2D eigenvalue weighted by molar-refractivity contribution is 5.74. The zero-order valence-electron chi connectivity index (χ0n) is 11.5. The molecule has 1 N–H and O–H groups in total. The molecule has 6 rings (SSSR count). The van der Waals surface area contributed by atoms with E-state index in [1.54, 1.807) is 12.1 Å². The summed E-state index contributed by atoms with van der Waals surface area (Å²) in [7, 11) is 0. The zero-order valence-corrected chi connectivity index (χ0v) is 11.5. The molecule has 4 bridgehead atoms.